The van der Waals surface area contributed by atoms with E-state index in [1.165, 1.54) is 16.9 Å². The van der Waals surface area contributed by atoms with Crippen LogP contribution in [0.3, 0.4) is 0 Å². The van der Waals surface area contributed by atoms with E-state index in [2.05, 4.69) is 55.6 Å². The van der Waals surface area contributed by atoms with E-state index in [1.54, 1.807) is 11.3 Å². The van der Waals surface area contributed by atoms with Gasteiger partial charge in [0.25, 0.3) is 0 Å². The van der Waals surface area contributed by atoms with E-state index in [4.69, 9.17) is 4.74 Å². The van der Waals surface area contributed by atoms with Crippen molar-refractivity contribution >= 4 is 23.2 Å². The Morgan fingerprint density at radius 3 is 2.74 bits per heavy atom. The fraction of sp³-hybridized carbons (Fsp3) is 0.611. The number of amides is 1. The molecule has 1 spiro atoms. The van der Waals surface area contributed by atoms with Crippen molar-refractivity contribution in [2.45, 2.75) is 115 Å². The topological polar surface area (TPSA) is 66.8 Å². The van der Waals surface area contributed by atoms with Crippen LogP contribution in [0, 0.1) is 11.3 Å². The lowest BCUT2D eigenvalue weighted by Gasteiger charge is -2.43. The summed E-state index contributed by atoms with van der Waals surface area (Å²) in [5.41, 5.74) is 3.48. The number of allylic oxidation sites excluding steroid dienone is 2. The van der Waals surface area contributed by atoms with E-state index >= 15 is 0 Å². The van der Waals surface area contributed by atoms with E-state index in [0.717, 1.165) is 87.3 Å². The summed E-state index contributed by atoms with van der Waals surface area (Å²) in [6.07, 6.45) is 13.6. The summed E-state index contributed by atoms with van der Waals surface area (Å²) in [5, 5.41) is 12.9. The average Bonchev–Trinajstić information content (AvgIpc) is 3.69. The number of rotatable bonds is 5. The predicted octanol–water partition coefficient (Wildman–Crippen LogP) is 8.25. The molecular formula is C36H47NO4S. The Labute approximate surface area is 255 Å². The maximum atomic E-state index is 14.2. The fourth-order valence-electron chi connectivity index (χ4n) is 8.46. The molecule has 5 aliphatic rings. The van der Waals surface area contributed by atoms with Gasteiger partial charge >= 0.3 is 6.09 Å². The van der Waals surface area contributed by atoms with Gasteiger partial charge in [0.1, 0.15) is 5.60 Å². The van der Waals surface area contributed by atoms with Gasteiger partial charge < -0.3 is 14.7 Å². The molecule has 6 heteroatoms. The minimum absolute atomic E-state index is 0.0841. The number of thiophene rings is 1. The van der Waals surface area contributed by atoms with Crippen LogP contribution in [0.1, 0.15) is 117 Å². The van der Waals surface area contributed by atoms with Crippen molar-refractivity contribution in [3.63, 3.8) is 0 Å². The van der Waals surface area contributed by atoms with Crippen molar-refractivity contribution in [1.29, 1.82) is 0 Å². The minimum atomic E-state index is -0.566. The Kier molecular flexibility index (Phi) is 8.66. The number of hydrogen-bond donors (Lipinski definition) is 1. The molecule has 4 unspecified atom stereocenters. The standard InChI is InChI=1S/C36H47NO4S/c1-25-8-6-18-35(2)32(16-19-36(35)24-37(34(40)41-36)20-17-29-11-7-21-42-29)30-15-13-26(22-28(38)14-12-25)23-31(30)33(39)27-9-4-3-5-10-27/h7-8,11,13,15,21,23,27-28,32,38H,3-6,9-10,12,14,16-20,22,24H2,1-2H3. The van der Waals surface area contributed by atoms with Gasteiger partial charge in [-0.3, -0.25) is 4.79 Å². The van der Waals surface area contributed by atoms with Crippen LogP contribution in [0.15, 0.2) is 47.4 Å². The number of benzene rings is 1. The summed E-state index contributed by atoms with van der Waals surface area (Å²) in [5.74, 6) is 0.495. The maximum absolute atomic E-state index is 14.2. The van der Waals surface area contributed by atoms with Gasteiger partial charge in [-0.15, -0.1) is 11.3 Å². The maximum Gasteiger partial charge on any atom is 0.410 e. The number of ether oxygens (including phenoxy) is 1. The molecule has 42 heavy (non-hydrogen) atoms. The third-order valence-electron chi connectivity index (χ3n) is 11.1. The van der Waals surface area contributed by atoms with Crippen LogP contribution in [-0.2, 0) is 17.6 Å². The summed E-state index contributed by atoms with van der Waals surface area (Å²) in [6.45, 7) is 5.79. The first-order valence-electron chi connectivity index (χ1n) is 16.3. The molecule has 7 rings (SSSR count). The Balaban J connectivity index is 1.37. The summed E-state index contributed by atoms with van der Waals surface area (Å²) in [6, 6.07) is 10.6. The second-order valence-corrected chi connectivity index (χ2v) is 14.8. The van der Waals surface area contributed by atoms with Crippen molar-refractivity contribution in [2.24, 2.45) is 11.3 Å². The summed E-state index contributed by atoms with van der Waals surface area (Å²) >= 11 is 1.74. The molecule has 4 aliphatic carbocycles. The van der Waals surface area contributed by atoms with Gasteiger partial charge in [0.15, 0.2) is 5.78 Å². The fourth-order valence-corrected chi connectivity index (χ4v) is 9.15. The molecular weight excluding hydrogens is 542 g/mol. The van der Waals surface area contributed by atoms with Gasteiger partial charge in [0, 0.05) is 28.3 Å². The number of carbonyl (C=O) groups is 2. The number of hydrogen-bond acceptors (Lipinski definition) is 5. The lowest BCUT2D eigenvalue weighted by atomic mass is 9.64. The van der Waals surface area contributed by atoms with Gasteiger partial charge in [-0.1, -0.05) is 56.0 Å². The highest BCUT2D eigenvalue weighted by atomic mass is 32.1. The first-order valence-corrected chi connectivity index (χ1v) is 17.2. The van der Waals surface area contributed by atoms with Gasteiger partial charge in [-0.25, -0.2) is 4.79 Å². The molecule has 4 atom stereocenters. The third-order valence-corrected chi connectivity index (χ3v) is 12.0. The van der Waals surface area contributed by atoms with Gasteiger partial charge in [-0.2, -0.15) is 0 Å². The molecule has 2 heterocycles. The van der Waals surface area contributed by atoms with Gasteiger partial charge in [0.05, 0.1) is 12.6 Å². The average molecular weight is 590 g/mol. The largest absolute Gasteiger partial charge is 0.440 e. The monoisotopic (exact) mass is 589 g/mol. The highest BCUT2D eigenvalue weighted by molar-refractivity contribution is 7.09. The van der Waals surface area contributed by atoms with Crippen molar-refractivity contribution in [3.8, 4) is 0 Å². The zero-order chi connectivity index (χ0) is 29.3. The van der Waals surface area contributed by atoms with Crippen molar-refractivity contribution in [1.82, 2.24) is 4.90 Å². The lowest BCUT2D eigenvalue weighted by molar-refractivity contribution is -0.0373. The molecule has 3 fully saturated rings. The molecule has 2 aromatic rings. The number of fused-ring (bicyclic) bond motifs is 8. The number of nitrogens with zero attached hydrogens (tertiary/aromatic N) is 1. The number of aliphatic hydroxyl groups is 1. The highest BCUT2D eigenvalue weighted by Crippen LogP contribution is 2.61. The Bertz CT molecular complexity index is 1310. The van der Waals surface area contributed by atoms with Gasteiger partial charge in [-0.05, 0) is 106 Å². The van der Waals surface area contributed by atoms with Crippen LogP contribution in [0.25, 0.3) is 0 Å². The second kappa shape index (κ2) is 12.3. The van der Waals surface area contributed by atoms with Crippen LogP contribution in [-0.4, -0.2) is 46.7 Å². The van der Waals surface area contributed by atoms with Crippen molar-refractivity contribution < 1.29 is 19.4 Å². The Morgan fingerprint density at radius 2 is 1.95 bits per heavy atom. The normalized spacial score (nSPS) is 30.7. The Hall–Kier alpha value is -2.44. The zero-order valence-electron chi connectivity index (χ0n) is 25.4. The number of ketones is 1. The first-order chi connectivity index (χ1) is 20.3. The minimum Gasteiger partial charge on any atom is -0.440 e. The van der Waals surface area contributed by atoms with Crippen LogP contribution in [0.5, 0.6) is 0 Å². The van der Waals surface area contributed by atoms with Crippen molar-refractivity contribution in [2.75, 3.05) is 13.1 Å². The van der Waals surface area contributed by atoms with E-state index in [0.29, 0.717) is 19.5 Å². The predicted molar refractivity (Wildman–Crippen MR) is 168 cm³/mol. The van der Waals surface area contributed by atoms with Gasteiger partial charge in [0.2, 0.25) is 0 Å². The van der Waals surface area contributed by atoms with E-state index < -0.39 is 11.7 Å². The smallest absolute Gasteiger partial charge is 0.410 e. The molecule has 1 N–H and O–H groups in total. The molecule has 1 aromatic heterocycles. The Morgan fingerprint density at radius 1 is 1.12 bits per heavy atom. The molecule has 0 radical (unpaired) electrons. The second-order valence-electron chi connectivity index (χ2n) is 13.7. The number of aliphatic hydroxyl groups excluding tert-OH is 1. The molecule has 1 aliphatic heterocycles. The SMILES string of the molecule is CC1=CCCC2(C)C(CCC23CN(CCc2cccs2)C(=O)O3)c2ccc(cc2C(=O)C2CCCCC2)CC(O)CC1. The molecule has 2 bridgehead atoms. The summed E-state index contributed by atoms with van der Waals surface area (Å²) < 4.78 is 6.48. The summed E-state index contributed by atoms with van der Waals surface area (Å²) in [7, 11) is 0. The van der Waals surface area contributed by atoms with Crippen LogP contribution >= 0.6 is 11.3 Å². The van der Waals surface area contributed by atoms with E-state index in [-0.39, 0.29) is 29.1 Å². The van der Waals surface area contributed by atoms with Crippen LogP contribution in [0.2, 0.25) is 0 Å². The molecule has 1 aromatic carbocycles. The highest BCUT2D eigenvalue weighted by Gasteiger charge is 2.63. The van der Waals surface area contributed by atoms with E-state index in [1.807, 2.05) is 4.90 Å². The quantitative estimate of drug-likeness (QED) is 0.282. The molecule has 226 valence electrons. The lowest BCUT2D eigenvalue weighted by Crippen LogP contribution is -2.48. The van der Waals surface area contributed by atoms with E-state index in [9.17, 15) is 14.7 Å². The number of carbonyl (C=O) groups excluding carboxylic acids is 2. The van der Waals surface area contributed by atoms with Crippen molar-refractivity contribution in [3.05, 3.63) is 68.9 Å². The molecule has 2 saturated carbocycles. The van der Waals surface area contributed by atoms with Crippen LogP contribution < -0.4 is 0 Å². The third kappa shape index (κ3) is 5.74. The first kappa shape index (κ1) is 29.6. The molecule has 5 nitrogen and oxygen atoms in total. The zero-order valence-corrected chi connectivity index (χ0v) is 26.2. The van der Waals surface area contributed by atoms with Crippen LogP contribution in [0.4, 0.5) is 4.79 Å². The molecule has 1 amide bonds. The summed E-state index contributed by atoms with van der Waals surface area (Å²) in [4.78, 5) is 30.8. The molecule has 1 saturated heterocycles. The number of Topliss-reactive ketones (excluding diaryl/α,β-unsaturated/α-hetero) is 1.